The summed E-state index contributed by atoms with van der Waals surface area (Å²) in [5, 5.41) is 5.02. The molecule has 0 spiro atoms. The third-order valence-electron chi connectivity index (χ3n) is 4.70. The van der Waals surface area contributed by atoms with Crippen molar-refractivity contribution in [2.75, 3.05) is 30.8 Å². The van der Waals surface area contributed by atoms with E-state index in [1.807, 2.05) is 7.05 Å². The van der Waals surface area contributed by atoms with Gasteiger partial charge in [-0.25, -0.2) is 0 Å². The highest BCUT2D eigenvalue weighted by Crippen LogP contribution is 2.24. The Kier molecular flexibility index (Phi) is 3.90. The first-order valence-electron chi connectivity index (χ1n) is 7.89. The third kappa shape index (κ3) is 2.61. The number of aromatic nitrogens is 4. The van der Waals surface area contributed by atoms with Crippen LogP contribution in [0.4, 0.5) is 11.8 Å². The Morgan fingerprint density at radius 2 is 1.95 bits per heavy atom. The first kappa shape index (κ1) is 15.0. The predicted molar refractivity (Wildman–Crippen MR) is 88.9 cm³/mol. The van der Waals surface area contributed by atoms with Crippen molar-refractivity contribution in [3.05, 3.63) is 6.20 Å². The maximum absolute atomic E-state index is 6.06. The van der Waals surface area contributed by atoms with Crippen LogP contribution < -0.4 is 10.6 Å². The molecule has 0 atom stereocenters. The zero-order valence-corrected chi connectivity index (χ0v) is 13.8. The van der Waals surface area contributed by atoms with Crippen molar-refractivity contribution in [2.24, 2.45) is 7.05 Å². The van der Waals surface area contributed by atoms with Gasteiger partial charge in [0.15, 0.2) is 5.65 Å². The topological polar surface area (TPSA) is 76.1 Å². The Morgan fingerprint density at radius 1 is 1.27 bits per heavy atom. The lowest BCUT2D eigenvalue weighted by atomic mass is 10.0. The Morgan fingerprint density at radius 3 is 2.59 bits per heavy atom. The van der Waals surface area contributed by atoms with E-state index in [9.17, 15) is 0 Å². The van der Waals surface area contributed by atoms with Gasteiger partial charge in [-0.15, -0.1) is 0 Å². The van der Waals surface area contributed by atoms with Crippen LogP contribution in [-0.2, 0) is 7.05 Å². The summed E-state index contributed by atoms with van der Waals surface area (Å²) >= 11 is 0. The maximum Gasteiger partial charge on any atom is 0.229 e. The van der Waals surface area contributed by atoms with Crippen LogP contribution in [0.1, 0.15) is 26.7 Å². The summed E-state index contributed by atoms with van der Waals surface area (Å²) < 4.78 is 1.74. The number of rotatable bonds is 3. The molecular weight excluding hydrogens is 278 g/mol. The van der Waals surface area contributed by atoms with Gasteiger partial charge >= 0.3 is 0 Å². The van der Waals surface area contributed by atoms with Gasteiger partial charge in [0.25, 0.3) is 0 Å². The molecule has 1 saturated heterocycles. The number of nitrogen functional groups attached to an aromatic ring is 1. The molecule has 2 aromatic heterocycles. The molecule has 1 fully saturated rings. The van der Waals surface area contributed by atoms with E-state index in [0.717, 1.165) is 37.0 Å². The minimum atomic E-state index is 0.458. The summed E-state index contributed by atoms with van der Waals surface area (Å²) in [4.78, 5) is 13.8. The molecule has 7 heteroatoms. The van der Waals surface area contributed by atoms with E-state index in [-0.39, 0.29) is 0 Å². The number of hydrogen-bond donors (Lipinski definition) is 1. The third-order valence-corrected chi connectivity index (χ3v) is 4.70. The standard InChI is InChI=1S/C15H25N7/c1-10(2)22-7-5-11(6-8-22)20(3)15-18-13(16)12-9-17-21(4)14(12)19-15/h9-11H,5-8H2,1-4H3,(H2,16,18,19). The molecule has 3 rings (SSSR count). The monoisotopic (exact) mass is 303 g/mol. The molecule has 0 aromatic carbocycles. The first-order valence-corrected chi connectivity index (χ1v) is 7.89. The Balaban J connectivity index is 1.81. The number of nitrogens with two attached hydrogens (primary N) is 1. The Labute approximate surface area is 131 Å². The van der Waals surface area contributed by atoms with Gasteiger partial charge in [-0.1, -0.05) is 0 Å². The minimum Gasteiger partial charge on any atom is -0.383 e. The summed E-state index contributed by atoms with van der Waals surface area (Å²) in [6, 6.07) is 1.07. The van der Waals surface area contributed by atoms with Gasteiger partial charge < -0.3 is 15.5 Å². The van der Waals surface area contributed by atoms with Gasteiger partial charge in [0.1, 0.15) is 5.82 Å². The minimum absolute atomic E-state index is 0.458. The molecule has 0 saturated carbocycles. The quantitative estimate of drug-likeness (QED) is 0.920. The van der Waals surface area contributed by atoms with Crippen LogP contribution in [-0.4, -0.2) is 56.9 Å². The smallest absolute Gasteiger partial charge is 0.229 e. The zero-order valence-electron chi connectivity index (χ0n) is 13.8. The van der Waals surface area contributed by atoms with Gasteiger partial charge in [0, 0.05) is 39.3 Å². The maximum atomic E-state index is 6.06. The summed E-state index contributed by atoms with van der Waals surface area (Å²) in [7, 11) is 3.94. The van der Waals surface area contributed by atoms with Crippen LogP contribution in [0.25, 0.3) is 11.0 Å². The first-order chi connectivity index (χ1) is 10.5. The molecule has 0 radical (unpaired) electrons. The van der Waals surface area contributed by atoms with Crippen LogP contribution in [0.15, 0.2) is 6.20 Å². The van der Waals surface area contributed by atoms with Gasteiger partial charge in [-0.2, -0.15) is 15.1 Å². The van der Waals surface area contributed by atoms with Gasteiger partial charge in [-0.05, 0) is 26.7 Å². The van der Waals surface area contributed by atoms with Crippen LogP contribution >= 0.6 is 0 Å². The van der Waals surface area contributed by atoms with E-state index in [4.69, 9.17) is 5.73 Å². The number of fused-ring (bicyclic) bond motifs is 1. The predicted octanol–water partition coefficient (Wildman–Crippen LogP) is 1.25. The number of nitrogens with zero attached hydrogens (tertiary/aromatic N) is 6. The molecule has 7 nitrogen and oxygen atoms in total. The number of piperidine rings is 1. The lowest BCUT2D eigenvalue weighted by Crippen LogP contribution is -2.46. The normalized spacial score (nSPS) is 17.5. The lowest BCUT2D eigenvalue weighted by molar-refractivity contribution is 0.171. The summed E-state index contributed by atoms with van der Waals surface area (Å²) in [5.74, 6) is 1.19. The Bertz CT molecular complexity index is 655. The molecule has 0 aliphatic carbocycles. The van der Waals surface area contributed by atoms with Crippen molar-refractivity contribution >= 4 is 22.8 Å². The second-order valence-corrected chi connectivity index (χ2v) is 6.39. The number of likely N-dealkylation sites (tertiary alicyclic amines) is 1. The number of aryl methyl sites for hydroxylation is 1. The van der Waals surface area contributed by atoms with Crippen LogP contribution in [0.2, 0.25) is 0 Å². The molecule has 0 bridgehead atoms. The summed E-state index contributed by atoms with van der Waals surface area (Å²) in [5.41, 5.74) is 6.85. The average Bonchev–Trinajstić information content (AvgIpc) is 2.88. The van der Waals surface area contributed by atoms with Gasteiger partial charge in [0.05, 0.1) is 11.6 Å². The fourth-order valence-corrected chi connectivity index (χ4v) is 3.14. The molecule has 22 heavy (non-hydrogen) atoms. The molecule has 1 aliphatic heterocycles. The molecule has 3 heterocycles. The molecule has 0 amide bonds. The van der Waals surface area contributed by atoms with Crippen LogP contribution in [0.3, 0.4) is 0 Å². The Hall–Kier alpha value is -1.89. The van der Waals surface area contributed by atoms with Crippen LogP contribution in [0, 0.1) is 0 Å². The molecule has 120 valence electrons. The average molecular weight is 303 g/mol. The second kappa shape index (κ2) is 5.72. The van der Waals surface area contributed by atoms with Crippen molar-refractivity contribution in [3.8, 4) is 0 Å². The second-order valence-electron chi connectivity index (χ2n) is 6.39. The summed E-state index contributed by atoms with van der Waals surface area (Å²) in [6.45, 7) is 6.75. The van der Waals surface area contributed by atoms with E-state index in [1.165, 1.54) is 0 Å². The van der Waals surface area contributed by atoms with Crippen molar-refractivity contribution < 1.29 is 0 Å². The van der Waals surface area contributed by atoms with E-state index in [1.54, 1.807) is 10.9 Å². The molecule has 2 aromatic rings. The van der Waals surface area contributed by atoms with Crippen molar-refractivity contribution in [2.45, 2.75) is 38.8 Å². The van der Waals surface area contributed by atoms with Gasteiger partial charge in [-0.3, -0.25) is 4.68 Å². The zero-order chi connectivity index (χ0) is 15.9. The SMILES string of the molecule is CC(C)N1CCC(N(C)c2nc(N)c3cnn(C)c3n2)CC1. The fourth-order valence-electron chi connectivity index (χ4n) is 3.14. The van der Waals surface area contributed by atoms with E-state index in [2.05, 4.69) is 45.8 Å². The lowest BCUT2D eigenvalue weighted by Gasteiger charge is -2.38. The number of hydrogen-bond acceptors (Lipinski definition) is 6. The number of anilines is 2. The van der Waals surface area contributed by atoms with Crippen molar-refractivity contribution in [3.63, 3.8) is 0 Å². The highest BCUT2D eigenvalue weighted by atomic mass is 15.3. The van der Waals surface area contributed by atoms with E-state index >= 15 is 0 Å². The molecule has 0 unspecified atom stereocenters. The molecule has 1 aliphatic rings. The van der Waals surface area contributed by atoms with Crippen molar-refractivity contribution in [1.29, 1.82) is 0 Å². The highest BCUT2D eigenvalue weighted by Gasteiger charge is 2.25. The summed E-state index contributed by atoms with van der Waals surface area (Å²) in [6.07, 6.45) is 3.97. The fraction of sp³-hybridized carbons (Fsp3) is 0.667. The van der Waals surface area contributed by atoms with E-state index in [0.29, 0.717) is 23.8 Å². The van der Waals surface area contributed by atoms with Crippen molar-refractivity contribution in [1.82, 2.24) is 24.6 Å². The molecular formula is C15H25N7. The highest BCUT2D eigenvalue weighted by molar-refractivity contribution is 5.86. The molecule has 2 N–H and O–H groups in total. The largest absolute Gasteiger partial charge is 0.383 e. The van der Waals surface area contributed by atoms with Crippen LogP contribution in [0.5, 0.6) is 0 Å². The van der Waals surface area contributed by atoms with E-state index < -0.39 is 0 Å². The van der Waals surface area contributed by atoms with Gasteiger partial charge in [0.2, 0.25) is 5.95 Å².